The van der Waals surface area contributed by atoms with E-state index in [2.05, 4.69) is 46.1 Å². The lowest BCUT2D eigenvalue weighted by Crippen LogP contribution is -2.59. The van der Waals surface area contributed by atoms with Crippen LogP contribution in [-0.2, 0) is 38.2 Å². The summed E-state index contributed by atoms with van der Waals surface area (Å²) < 4.78 is 68.1. The van der Waals surface area contributed by atoms with Crippen LogP contribution in [0.2, 0.25) is 5.28 Å². The first kappa shape index (κ1) is 67.6. The Labute approximate surface area is 527 Å². The Bertz CT molecular complexity index is 3480. The lowest BCUT2D eigenvalue weighted by Gasteiger charge is -2.41. The number of hydrogen-bond acceptors (Lipinski definition) is 16. The number of benzene rings is 2. The average Bonchev–Trinajstić information content (AvgIpc) is 1.49. The molecule has 4 saturated heterocycles. The Morgan fingerprint density at radius 2 is 1.06 bits per heavy atom. The molecule has 4 aliphatic heterocycles. The number of nitrogens with zero attached hydrogens (tertiary/aromatic N) is 12. The third kappa shape index (κ3) is 19.4. The van der Waals surface area contributed by atoms with E-state index in [0.717, 1.165) is 28.5 Å². The van der Waals surface area contributed by atoms with Crippen LogP contribution in [0.5, 0.6) is 0 Å². The summed E-state index contributed by atoms with van der Waals surface area (Å²) in [6, 6.07) is 12.9. The summed E-state index contributed by atoms with van der Waals surface area (Å²) >= 11 is 5.86. The molecular weight excluding hydrogens is 1190 g/mol. The number of halogens is 4. The summed E-state index contributed by atoms with van der Waals surface area (Å²) in [5.41, 5.74) is 8.75. The van der Waals surface area contributed by atoms with Crippen molar-refractivity contribution in [3.8, 4) is 22.5 Å². The van der Waals surface area contributed by atoms with E-state index in [-0.39, 0.29) is 88.3 Å². The predicted molar refractivity (Wildman–Crippen MR) is 332 cm³/mol. The molecule has 0 saturated carbocycles. The van der Waals surface area contributed by atoms with Gasteiger partial charge in [-0.1, -0.05) is 24.3 Å². The minimum absolute atomic E-state index is 0.0234. The van der Waals surface area contributed by atoms with Crippen molar-refractivity contribution in [2.45, 2.75) is 156 Å². The Hall–Kier alpha value is -8.30. The number of aromatic nitrogens is 8. The number of nitrogen functional groups attached to an aromatic ring is 1. The quantitative estimate of drug-likeness (QED) is 0.0830. The number of aryl methyl sites for hydroxylation is 1. The molecule has 10 rings (SSSR count). The number of amides is 6. The first-order valence-electron chi connectivity index (χ1n) is 29.6. The van der Waals surface area contributed by atoms with Crippen LogP contribution < -0.4 is 21.7 Å². The van der Waals surface area contributed by atoms with E-state index in [0.29, 0.717) is 70.3 Å². The minimum atomic E-state index is -4.65. The second-order valence-electron chi connectivity index (χ2n) is 26.5. The molecule has 6 amide bonds. The number of carbonyl (C=O) groups is 4. The summed E-state index contributed by atoms with van der Waals surface area (Å²) in [6.45, 7) is 29.2. The highest BCUT2D eigenvalue weighted by Crippen LogP contribution is 2.36. The van der Waals surface area contributed by atoms with Crippen LogP contribution in [0, 0.1) is 6.92 Å². The fourth-order valence-corrected chi connectivity index (χ4v) is 9.83. The van der Waals surface area contributed by atoms with E-state index in [4.69, 9.17) is 36.3 Å². The van der Waals surface area contributed by atoms with Crippen molar-refractivity contribution in [1.82, 2.24) is 69.7 Å². The summed E-state index contributed by atoms with van der Waals surface area (Å²) in [5, 5.41) is 17.3. The molecule has 0 bridgehead atoms. The summed E-state index contributed by atoms with van der Waals surface area (Å²) in [5.74, 6) is 0.175. The van der Waals surface area contributed by atoms with Crippen molar-refractivity contribution in [2.24, 2.45) is 0 Å². The van der Waals surface area contributed by atoms with Gasteiger partial charge in [-0.15, -0.1) is 0 Å². The highest BCUT2D eigenvalue weighted by Gasteiger charge is 2.39. The van der Waals surface area contributed by atoms with Crippen molar-refractivity contribution in [3.05, 3.63) is 113 Å². The van der Waals surface area contributed by atoms with Gasteiger partial charge in [0.2, 0.25) is 11.2 Å². The van der Waals surface area contributed by atoms with Gasteiger partial charge in [-0.2, -0.15) is 23.4 Å². The fourth-order valence-electron chi connectivity index (χ4n) is 9.69. The number of alkyl halides is 3. The van der Waals surface area contributed by atoms with Gasteiger partial charge in [-0.25, -0.2) is 39.1 Å². The maximum Gasteiger partial charge on any atom is 0.416 e. The first-order chi connectivity index (χ1) is 42.0. The molecule has 0 spiro atoms. The van der Waals surface area contributed by atoms with Crippen molar-refractivity contribution in [3.63, 3.8) is 0 Å². The van der Waals surface area contributed by atoms with E-state index in [1.807, 2.05) is 114 Å². The van der Waals surface area contributed by atoms with Crippen LogP contribution in [-0.4, -0.2) is 170 Å². The Kier molecular flexibility index (Phi) is 20.6. The zero-order valence-electron chi connectivity index (χ0n) is 53.2. The largest absolute Gasteiger partial charge is 0.444 e. The number of urea groups is 2. The smallest absolute Gasteiger partial charge is 0.416 e. The average molecular weight is 1270 g/mol. The van der Waals surface area contributed by atoms with Crippen molar-refractivity contribution < 1.29 is 51.3 Å². The zero-order valence-corrected chi connectivity index (χ0v) is 53.9. The van der Waals surface area contributed by atoms with Crippen LogP contribution in [0.25, 0.3) is 22.5 Å². The summed E-state index contributed by atoms with van der Waals surface area (Å²) in [4.78, 5) is 71.9. The highest BCUT2D eigenvalue weighted by molar-refractivity contribution is 6.28. The van der Waals surface area contributed by atoms with Crippen molar-refractivity contribution in [1.29, 1.82) is 0 Å². The standard InChI is InChI=1S/C31H39F3N8O4.C20H25ClN4O2.C11H18N4O2/c1-29(2,3)45-23-17-40(18-23)27(43)36-12-20-8-7-19(11-24(20)31(32,33)34)25-9-10-35-26(39-25)38-21-13-37-42(14-21)22-15-41(16-22)28(44)46-30(4,5)6;1-13-9-14(17-7-8-22-18(21)24-17)5-6-15(13)10-23-19(26)25-11-16(12-25)27-20(2,3)4;1-11(2,3)17-10(16)14-6-9(7-14)15-5-8(12)4-13-15/h7-11,13-14,22-23H,12,15-18H2,1-6H3,(H,36,43)(H,35,38,39);5-9,16H,10-12H2,1-4H3,(H,23,26);4-5,9H,6-7,12H2,1-3H3. The van der Waals surface area contributed by atoms with Gasteiger partial charge in [-0.05, 0) is 143 Å². The van der Waals surface area contributed by atoms with E-state index < -0.39 is 29.0 Å². The normalized spacial score (nSPS) is 15.8. The van der Waals surface area contributed by atoms with Crippen LogP contribution in [0.3, 0.4) is 0 Å². The van der Waals surface area contributed by atoms with Gasteiger partial charge in [0.05, 0.1) is 102 Å². The molecule has 6 aromatic rings. The van der Waals surface area contributed by atoms with Gasteiger partial charge in [0.25, 0.3) is 0 Å². The van der Waals surface area contributed by atoms with E-state index in [1.54, 1.807) is 55.0 Å². The number of nitrogens with two attached hydrogens (primary N) is 1. The van der Waals surface area contributed by atoms with Gasteiger partial charge < -0.3 is 60.2 Å². The zero-order chi connectivity index (χ0) is 65.7. The first-order valence-corrected chi connectivity index (χ1v) is 30.0. The molecule has 4 fully saturated rings. The Morgan fingerprint density at radius 1 is 0.589 bits per heavy atom. The molecule has 5 N–H and O–H groups in total. The molecule has 0 radical (unpaired) electrons. The monoisotopic (exact) mass is 1270 g/mol. The number of ether oxygens (including phenoxy) is 4. The van der Waals surface area contributed by atoms with Crippen LogP contribution in [0.15, 0.2) is 85.7 Å². The third-order valence-electron chi connectivity index (χ3n) is 14.1. The van der Waals surface area contributed by atoms with Gasteiger partial charge in [0.1, 0.15) is 11.2 Å². The Balaban J connectivity index is 0.000000199. The maximum absolute atomic E-state index is 14.1. The predicted octanol–water partition coefficient (Wildman–Crippen LogP) is 10.7. The molecule has 24 nitrogen and oxygen atoms in total. The number of likely N-dealkylation sites (tertiary alicyclic amines) is 4. The maximum atomic E-state index is 14.1. The molecule has 4 aromatic heterocycles. The lowest BCUT2D eigenvalue weighted by atomic mass is 10.0. The van der Waals surface area contributed by atoms with Gasteiger partial charge in [-0.3, -0.25) is 9.36 Å². The molecule has 4 aliphatic rings. The van der Waals surface area contributed by atoms with Crippen LogP contribution in [0.1, 0.15) is 117 Å². The lowest BCUT2D eigenvalue weighted by molar-refractivity contribution is -0.138. The topological polar surface area (TPSA) is 267 Å². The number of rotatable bonds is 12. The second-order valence-corrected chi connectivity index (χ2v) is 26.8. The fraction of sp³-hybridized carbons (Fsp3) is 0.516. The number of carbonyl (C=O) groups excluding carboxylic acids is 4. The molecule has 28 heteroatoms. The van der Waals surface area contributed by atoms with E-state index >= 15 is 0 Å². The van der Waals surface area contributed by atoms with Crippen molar-refractivity contribution in [2.75, 3.05) is 63.4 Å². The minimum Gasteiger partial charge on any atom is -0.444 e. The molecule has 0 atom stereocenters. The van der Waals surface area contributed by atoms with E-state index in [9.17, 15) is 32.3 Å². The van der Waals surface area contributed by atoms with Gasteiger partial charge >= 0.3 is 30.4 Å². The number of nitrogens with one attached hydrogen (secondary N) is 3. The van der Waals surface area contributed by atoms with Crippen LogP contribution >= 0.6 is 11.6 Å². The molecule has 0 aliphatic carbocycles. The molecule has 8 heterocycles. The van der Waals surface area contributed by atoms with Gasteiger partial charge in [0, 0.05) is 75.2 Å². The SMILES string of the molecule is CC(C)(C)OC(=O)N1CC(n2cc(N)cn2)C1.CC(C)(C)OC(=O)N1CC(n2cc(Nc3nccc(-c4ccc(CNC(=O)N5CC(OC(C)(C)C)C5)c(C(F)(F)F)c4)n3)cn2)C1.Cc1cc(-c2ccnc(Cl)n2)ccc1CNC(=O)N1CC(OC(C)(C)C)C1. The Morgan fingerprint density at radius 3 is 1.52 bits per heavy atom. The number of anilines is 3. The molecule has 0 unspecified atom stereocenters. The van der Waals surface area contributed by atoms with E-state index in [1.165, 1.54) is 29.3 Å². The summed E-state index contributed by atoms with van der Waals surface area (Å²) in [6.07, 6.45) is 4.52. The third-order valence-corrected chi connectivity index (χ3v) is 14.2. The van der Waals surface area contributed by atoms with Gasteiger partial charge in [0.15, 0.2) is 0 Å². The molecule has 90 heavy (non-hydrogen) atoms. The molecule has 2 aromatic carbocycles. The highest BCUT2D eigenvalue weighted by atomic mass is 35.5. The molecule has 486 valence electrons. The summed E-state index contributed by atoms with van der Waals surface area (Å²) in [7, 11) is 0. The number of hydrogen-bond donors (Lipinski definition) is 4. The second kappa shape index (κ2) is 27.4. The molecular formula is C62H82ClF3N16O8. The van der Waals surface area contributed by atoms with Crippen molar-refractivity contribution >= 4 is 53.2 Å². The van der Waals surface area contributed by atoms with Crippen LogP contribution in [0.4, 0.5) is 49.7 Å².